The first-order valence-electron chi connectivity index (χ1n) is 6.25. The zero-order valence-electron chi connectivity index (χ0n) is 10.9. The van der Waals surface area contributed by atoms with Gasteiger partial charge in [0, 0.05) is 29.6 Å². The Morgan fingerprint density at radius 1 is 1.10 bits per heavy atom. The van der Waals surface area contributed by atoms with E-state index in [2.05, 4.69) is 10.3 Å². The fourth-order valence-corrected chi connectivity index (χ4v) is 2.72. The minimum Gasteiger partial charge on any atom is -0.332 e. The van der Waals surface area contributed by atoms with Gasteiger partial charge in [-0.1, -0.05) is 41.7 Å². The lowest BCUT2D eigenvalue weighted by atomic mass is 10.2. The highest BCUT2D eigenvalue weighted by molar-refractivity contribution is 7.18. The second-order valence-corrected chi connectivity index (χ2v) is 5.36. The zero-order valence-corrected chi connectivity index (χ0v) is 11.7. The quantitative estimate of drug-likeness (QED) is 0.570. The SMILES string of the molecule is O=[N+]([O-])c1cccc(-c2cnc(Nc3ccccc3)s2)c1. The molecule has 0 fully saturated rings. The highest BCUT2D eigenvalue weighted by atomic mass is 32.1. The minimum atomic E-state index is -0.395. The molecule has 2 aromatic carbocycles. The molecule has 3 rings (SSSR count). The minimum absolute atomic E-state index is 0.0819. The van der Waals surface area contributed by atoms with E-state index in [-0.39, 0.29) is 5.69 Å². The maximum Gasteiger partial charge on any atom is 0.270 e. The van der Waals surface area contributed by atoms with Crippen molar-refractivity contribution in [2.24, 2.45) is 0 Å². The molecule has 0 aliphatic heterocycles. The third-order valence-electron chi connectivity index (χ3n) is 2.87. The molecule has 21 heavy (non-hydrogen) atoms. The summed E-state index contributed by atoms with van der Waals surface area (Å²) in [5.74, 6) is 0. The van der Waals surface area contributed by atoms with Crippen molar-refractivity contribution in [3.63, 3.8) is 0 Å². The smallest absolute Gasteiger partial charge is 0.270 e. The lowest BCUT2D eigenvalue weighted by molar-refractivity contribution is -0.384. The predicted molar refractivity (Wildman–Crippen MR) is 83.9 cm³/mol. The molecule has 3 aromatic rings. The number of thiazole rings is 1. The van der Waals surface area contributed by atoms with Crippen molar-refractivity contribution in [3.8, 4) is 10.4 Å². The van der Waals surface area contributed by atoms with Crippen LogP contribution in [0.2, 0.25) is 0 Å². The number of anilines is 2. The summed E-state index contributed by atoms with van der Waals surface area (Å²) in [6.45, 7) is 0. The van der Waals surface area contributed by atoms with Crippen LogP contribution in [-0.4, -0.2) is 9.91 Å². The van der Waals surface area contributed by atoms with Crippen LogP contribution in [0.5, 0.6) is 0 Å². The molecule has 0 atom stereocenters. The molecule has 0 bridgehead atoms. The molecule has 0 aliphatic rings. The van der Waals surface area contributed by atoms with Crippen molar-refractivity contribution in [2.75, 3.05) is 5.32 Å². The van der Waals surface area contributed by atoms with Gasteiger partial charge in [-0.2, -0.15) is 0 Å². The van der Waals surface area contributed by atoms with Gasteiger partial charge in [0.05, 0.1) is 9.80 Å². The normalized spacial score (nSPS) is 10.3. The van der Waals surface area contributed by atoms with E-state index in [1.807, 2.05) is 36.4 Å². The Hall–Kier alpha value is -2.73. The standard InChI is InChI=1S/C15H11N3O2S/c19-18(20)13-8-4-5-11(9-13)14-10-16-15(21-14)17-12-6-2-1-3-7-12/h1-10H,(H,16,17). The summed E-state index contributed by atoms with van der Waals surface area (Å²) in [7, 11) is 0. The summed E-state index contributed by atoms with van der Waals surface area (Å²) < 4.78 is 0. The summed E-state index contributed by atoms with van der Waals surface area (Å²) in [5, 5.41) is 14.8. The second kappa shape index (κ2) is 5.72. The van der Waals surface area contributed by atoms with Gasteiger partial charge in [-0.25, -0.2) is 4.98 Å². The number of aromatic nitrogens is 1. The number of hydrogen-bond donors (Lipinski definition) is 1. The average molecular weight is 297 g/mol. The van der Waals surface area contributed by atoms with Gasteiger partial charge in [-0.15, -0.1) is 0 Å². The van der Waals surface area contributed by atoms with Gasteiger partial charge < -0.3 is 5.32 Å². The molecule has 104 valence electrons. The lowest BCUT2D eigenvalue weighted by Crippen LogP contribution is -1.87. The highest BCUT2D eigenvalue weighted by Crippen LogP contribution is 2.32. The van der Waals surface area contributed by atoms with E-state index in [1.165, 1.54) is 17.4 Å². The van der Waals surface area contributed by atoms with Crippen LogP contribution in [0.15, 0.2) is 60.8 Å². The van der Waals surface area contributed by atoms with Gasteiger partial charge >= 0.3 is 0 Å². The van der Waals surface area contributed by atoms with Crippen molar-refractivity contribution in [2.45, 2.75) is 0 Å². The maximum absolute atomic E-state index is 10.8. The van der Waals surface area contributed by atoms with E-state index in [4.69, 9.17) is 0 Å². The molecule has 0 amide bonds. The molecular weight excluding hydrogens is 286 g/mol. The second-order valence-electron chi connectivity index (χ2n) is 4.33. The molecule has 0 unspecified atom stereocenters. The van der Waals surface area contributed by atoms with E-state index in [0.717, 1.165) is 21.3 Å². The fourth-order valence-electron chi connectivity index (χ4n) is 1.88. The van der Waals surface area contributed by atoms with E-state index in [0.29, 0.717) is 0 Å². The summed E-state index contributed by atoms with van der Waals surface area (Å²) in [5.41, 5.74) is 1.83. The topological polar surface area (TPSA) is 68.1 Å². The van der Waals surface area contributed by atoms with Crippen LogP contribution >= 0.6 is 11.3 Å². The molecule has 1 heterocycles. The maximum atomic E-state index is 10.8. The van der Waals surface area contributed by atoms with Crippen molar-refractivity contribution in [1.82, 2.24) is 4.98 Å². The Kier molecular flexibility index (Phi) is 3.61. The van der Waals surface area contributed by atoms with Gasteiger partial charge in [-0.3, -0.25) is 10.1 Å². The number of nitro groups is 1. The van der Waals surface area contributed by atoms with Gasteiger partial charge in [0.15, 0.2) is 5.13 Å². The Morgan fingerprint density at radius 2 is 1.90 bits per heavy atom. The third kappa shape index (κ3) is 3.06. The highest BCUT2D eigenvalue weighted by Gasteiger charge is 2.09. The van der Waals surface area contributed by atoms with Gasteiger partial charge in [-0.05, 0) is 12.1 Å². The Balaban J connectivity index is 1.85. The van der Waals surface area contributed by atoms with Crippen molar-refractivity contribution < 1.29 is 4.92 Å². The van der Waals surface area contributed by atoms with Crippen molar-refractivity contribution in [3.05, 3.63) is 70.9 Å². The lowest BCUT2D eigenvalue weighted by Gasteiger charge is -2.00. The number of para-hydroxylation sites is 1. The molecule has 0 radical (unpaired) electrons. The summed E-state index contributed by atoms with van der Waals surface area (Å²) in [6, 6.07) is 16.3. The van der Waals surface area contributed by atoms with Gasteiger partial charge in [0.1, 0.15) is 0 Å². The molecular formula is C15H11N3O2S. The van der Waals surface area contributed by atoms with Crippen LogP contribution in [0.25, 0.3) is 10.4 Å². The first kappa shape index (κ1) is 13.3. The Bertz CT molecular complexity index is 771. The molecule has 6 heteroatoms. The van der Waals surface area contributed by atoms with Crippen LogP contribution in [-0.2, 0) is 0 Å². The number of nitro benzene ring substituents is 1. The molecule has 0 saturated carbocycles. The van der Waals surface area contributed by atoms with E-state index >= 15 is 0 Å². The number of non-ortho nitro benzene ring substituents is 1. The largest absolute Gasteiger partial charge is 0.332 e. The predicted octanol–water partition coefficient (Wildman–Crippen LogP) is 4.46. The molecule has 0 saturated heterocycles. The average Bonchev–Trinajstić information content (AvgIpc) is 2.97. The molecule has 0 aliphatic carbocycles. The van der Waals surface area contributed by atoms with Crippen LogP contribution in [0, 0.1) is 10.1 Å². The van der Waals surface area contributed by atoms with Crippen molar-refractivity contribution >= 4 is 27.8 Å². The van der Waals surface area contributed by atoms with Gasteiger partial charge in [0.25, 0.3) is 5.69 Å². The van der Waals surface area contributed by atoms with E-state index in [9.17, 15) is 10.1 Å². The first-order valence-corrected chi connectivity index (χ1v) is 7.07. The fraction of sp³-hybridized carbons (Fsp3) is 0. The van der Waals surface area contributed by atoms with Crippen LogP contribution in [0.4, 0.5) is 16.5 Å². The van der Waals surface area contributed by atoms with E-state index in [1.54, 1.807) is 18.3 Å². The summed E-state index contributed by atoms with van der Waals surface area (Å²) in [6.07, 6.45) is 1.72. The first-order chi connectivity index (χ1) is 10.2. The molecule has 5 nitrogen and oxygen atoms in total. The van der Waals surface area contributed by atoms with Crippen LogP contribution < -0.4 is 5.32 Å². The van der Waals surface area contributed by atoms with Crippen LogP contribution in [0.3, 0.4) is 0 Å². The summed E-state index contributed by atoms with van der Waals surface area (Å²) in [4.78, 5) is 15.6. The number of nitrogens with one attached hydrogen (secondary N) is 1. The van der Waals surface area contributed by atoms with Crippen molar-refractivity contribution in [1.29, 1.82) is 0 Å². The number of hydrogen-bond acceptors (Lipinski definition) is 5. The van der Waals surface area contributed by atoms with Gasteiger partial charge in [0.2, 0.25) is 0 Å². The Labute approximate surface area is 125 Å². The van der Waals surface area contributed by atoms with E-state index < -0.39 is 4.92 Å². The number of benzene rings is 2. The Morgan fingerprint density at radius 3 is 2.67 bits per heavy atom. The summed E-state index contributed by atoms with van der Waals surface area (Å²) >= 11 is 1.46. The molecule has 1 aromatic heterocycles. The van der Waals surface area contributed by atoms with Crippen LogP contribution in [0.1, 0.15) is 0 Å². The monoisotopic (exact) mass is 297 g/mol. The zero-order chi connectivity index (χ0) is 14.7. The molecule has 1 N–H and O–H groups in total. The molecule has 0 spiro atoms. The number of nitrogens with zero attached hydrogens (tertiary/aromatic N) is 2. The number of rotatable bonds is 4. The third-order valence-corrected chi connectivity index (χ3v) is 3.83.